The summed E-state index contributed by atoms with van der Waals surface area (Å²) >= 11 is 0. The molecule has 0 bridgehead atoms. The summed E-state index contributed by atoms with van der Waals surface area (Å²) < 4.78 is 5.47. The topological polar surface area (TPSA) is 32.8 Å². The molecule has 0 N–H and O–H groups in total. The Kier molecular flexibility index (Phi) is 6.98. The second-order valence-electron chi connectivity index (χ2n) is 8.78. The molecule has 2 aromatic rings. The fourth-order valence-corrected chi connectivity index (χ4v) is 4.96. The van der Waals surface area contributed by atoms with Crippen LogP contribution in [-0.4, -0.2) is 68.1 Å². The van der Waals surface area contributed by atoms with Crippen molar-refractivity contribution < 1.29 is 9.53 Å². The van der Waals surface area contributed by atoms with E-state index in [9.17, 15) is 4.79 Å². The van der Waals surface area contributed by atoms with Crippen LogP contribution in [0.2, 0.25) is 0 Å². The minimum Gasteiger partial charge on any atom is -0.379 e. The van der Waals surface area contributed by atoms with Crippen LogP contribution in [-0.2, 0) is 4.74 Å². The van der Waals surface area contributed by atoms with Crippen molar-refractivity contribution in [3.8, 4) is 0 Å². The van der Waals surface area contributed by atoms with Gasteiger partial charge in [0.15, 0.2) is 5.78 Å². The van der Waals surface area contributed by atoms with Crippen molar-refractivity contribution in [3.05, 3.63) is 70.8 Å². The zero-order valence-electron chi connectivity index (χ0n) is 18.3. The summed E-state index contributed by atoms with van der Waals surface area (Å²) in [5, 5.41) is 0. The average Bonchev–Trinajstić information content (AvgIpc) is 2.80. The molecule has 2 atom stereocenters. The summed E-state index contributed by atoms with van der Waals surface area (Å²) in [7, 11) is 0. The van der Waals surface area contributed by atoms with Gasteiger partial charge in [0, 0.05) is 44.2 Å². The van der Waals surface area contributed by atoms with Crippen LogP contribution in [0.3, 0.4) is 0 Å². The number of benzene rings is 2. The van der Waals surface area contributed by atoms with Crippen molar-refractivity contribution in [2.24, 2.45) is 5.92 Å². The first-order valence-electron chi connectivity index (χ1n) is 11.3. The lowest BCUT2D eigenvalue weighted by molar-refractivity contribution is 0.0299. The van der Waals surface area contributed by atoms with Crippen LogP contribution >= 0.6 is 0 Å². The van der Waals surface area contributed by atoms with Gasteiger partial charge in [-0.25, -0.2) is 0 Å². The van der Waals surface area contributed by atoms with Gasteiger partial charge in [-0.05, 0) is 49.4 Å². The summed E-state index contributed by atoms with van der Waals surface area (Å²) in [6.07, 6.45) is 1.04. The Labute approximate surface area is 180 Å². The monoisotopic (exact) mass is 406 g/mol. The molecule has 160 valence electrons. The van der Waals surface area contributed by atoms with Gasteiger partial charge in [0.1, 0.15) is 0 Å². The maximum atomic E-state index is 13.6. The molecule has 0 amide bonds. The molecule has 0 radical (unpaired) electrons. The van der Waals surface area contributed by atoms with Gasteiger partial charge in [-0.1, -0.05) is 48.5 Å². The molecular weight excluding hydrogens is 372 g/mol. The van der Waals surface area contributed by atoms with Crippen LogP contribution in [0, 0.1) is 19.8 Å². The van der Waals surface area contributed by atoms with Crippen LogP contribution in [0.1, 0.15) is 39.4 Å². The molecule has 2 aromatic carbocycles. The van der Waals surface area contributed by atoms with Gasteiger partial charge in [-0.2, -0.15) is 0 Å². The van der Waals surface area contributed by atoms with E-state index in [1.165, 1.54) is 16.7 Å². The highest BCUT2D eigenvalue weighted by atomic mass is 16.5. The van der Waals surface area contributed by atoms with Crippen LogP contribution in [0.5, 0.6) is 0 Å². The Morgan fingerprint density at radius 3 is 2.43 bits per heavy atom. The quantitative estimate of drug-likeness (QED) is 0.681. The van der Waals surface area contributed by atoms with E-state index in [0.717, 1.165) is 64.5 Å². The number of aryl methyl sites for hydroxylation is 1. The van der Waals surface area contributed by atoms with E-state index in [0.29, 0.717) is 0 Å². The molecule has 2 saturated heterocycles. The maximum absolute atomic E-state index is 13.6. The third-order valence-corrected chi connectivity index (χ3v) is 6.97. The zero-order chi connectivity index (χ0) is 20.9. The first-order valence-corrected chi connectivity index (χ1v) is 11.3. The summed E-state index contributed by atoms with van der Waals surface area (Å²) in [5.41, 5.74) is 4.85. The Morgan fingerprint density at radius 1 is 0.933 bits per heavy atom. The molecule has 2 fully saturated rings. The Bertz CT molecular complexity index is 845. The molecule has 2 heterocycles. The molecular formula is C26H34N2O2. The predicted molar refractivity (Wildman–Crippen MR) is 121 cm³/mol. The van der Waals surface area contributed by atoms with Crippen LogP contribution in [0.15, 0.2) is 48.5 Å². The number of carbonyl (C=O) groups excluding carboxylic acids is 1. The zero-order valence-corrected chi connectivity index (χ0v) is 18.3. The van der Waals surface area contributed by atoms with Crippen molar-refractivity contribution >= 4 is 5.78 Å². The van der Waals surface area contributed by atoms with Gasteiger partial charge in [-0.15, -0.1) is 0 Å². The fraction of sp³-hybridized carbons (Fsp3) is 0.500. The molecule has 0 spiro atoms. The van der Waals surface area contributed by atoms with Crippen molar-refractivity contribution in [3.63, 3.8) is 0 Å². The SMILES string of the molecule is Cc1cccc([C@H]2CCN(CCN3CCOCC3)C[C@H]2C(=O)c2ccccc2)c1C. The molecule has 30 heavy (non-hydrogen) atoms. The van der Waals surface area contributed by atoms with Gasteiger partial charge in [0.2, 0.25) is 0 Å². The molecule has 4 heteroatoms. The normalized spacial score (nSPS) is 23.4. The van der Waals surface area contributed by atoms with Gasteiger partial charge in [0.25, 0.3) is 0 Å². The summed E-state index contributed by atoms with van der Waals surface area (Å²) in [6.45, 7) is 12.1. The number of Topliss-reactive ketones (excluding diaryl/α,β-unsaturated/α-hetero) is 1. The highest BCUT2D eigenvalue weighted by Gasteiger charge is 2.36. The van der Waals surface area contributed by atoms with Crippen molar-refractivity contribution in [1.82, 2.24) is 9.80 Å². The van der Waals surface area contributed by atoms with E-state index < -0.39 is 0 Å². The number of likely N-dealkylation sites (tertiary alicyclic amines) is 1. The maximum Gasteiger partial charge on any atom is 0.167 e. The van der Waals surface area contributed by atoms with Gasteiger partial charge < -0.3 is 9.64 Å². The number of carbonyl (C=O) groups is 1. The van der Waals surface area contributed by atoms with Gasteiger partial charge >= 0.3 is 0 Å². The number of hydrogen-bond donors (Lipinski definition) is 0. The number of ether oxygens (including phenoxy) is 1. The first kappa shape index (κ1) is 21.2. The molecule has 4 nitrogen and oxygen atoms in total. The number of piperidine rings is 1. The van der Waals surface area contributed by atoms with Gasteiger partial charge in [-0.3, -0.25) is 9.69 Å². The standard InChI is InChI=1S/C26H34N2O2/c1-20-7-6-10-23(21(20)2)24-11-12-28(14-13-27-15-17-30-18-16-27)19-25(24)26(29)22-8-4-3-5-9-22/h3-10,24-25H,11-19H2,1-2H3/t24-,25-/m1/s1. The average molecular weight is 407 g/mol. The smallest absolute Gasteiger partial charge is 0.167 e. The van der Waals surface area contributed by atoms with E-state index >= 15 is 0 Å². The lowest BCUT2D eigenvalue weighted by Crippen LogP contribution is -2.47. The van der Waals surface area contributed by atoms with E-state index in [-0.39, 0.29) is 17.6 Å². The molecule has 4 rings (SSSR count). The van der Waals surface area contributed by atoms with Crippen LogP contribution < -0.4 is 0 Å². The number of morpholine rings is 1. The number of nitrogens with zero attached hydrogens (tertiary/aromatic N) is 2. The van der Waals surface area contributed by atoms with Crippen LogP contribution in [0.4, 0.5) is 0 Å². The second-order valence-corrected chi connectivity index (χ2v) is 8.78. The molecule has 0 aliphatic carbocycles. The molecule has 2 aliphatic rings. The lowest BCUT2D eigenvalue weighted by atomic mass is 9.75. The number of rotatable bonds is 6. The highest BCUT2D eigenvalue weighted by molar-refractivity contribution is 5.98. The second kappa shape index (κ2) is 9.86. The van der Waals surface area contributed by atoms with Crippen LogP contribution in [0.25, 0.3) is 0 Å². The van der Waals surface area contributed by atoms with E-state index in [1.807, 2.05) is 30.3 Å². The number of ketones is 1. The molecule has 0 saturated carbocycles. The van der Waals surface area contributed by atoms with Crippen molar-refractivity contribution in [1.29, 1.82) is 0 Å². The lowest BCUT2D eigenvalue weighted by Gasteiger charge is -2.40. The first-order chi connectivity index (χ1) is 14.6. The summed E-state index contributed by atoms with van der Waals surface area (Å²) in [6, 6.07) is 16.4. The Morgan fingerprint density at radius 2 is 1.67 bits per heavy atom. The molecule has 0 unspecified atom stereocenters. The molecule has 0 aromatic heterocycles. The summed E-state index contributed by atoms with van der Waals surface area (Å²) in [5.74, 6) is 0.584. The predicted octanol–water partition coefficient (Wildman–Crippen LogP) is 3.92. The summed E-state index contributed by atoms with van der Waals surface area (Å²) in [4.78, 5) is 18.6. The van der Waals surface area contributed by atoms with Crippen molar-refractivity contribution in [2.75, 3.05) is 52.5 Å². The van der Waals surface area contributed by atoms with E-state index in [2.05, 4.69) is 41.8 Å². The van der Waals surface area contributed by atoms with Gasteiger partial charge in [0.05, 0.1) is 13.2 Å². The molecule has 2 aliphatic heterocycles. The third-order valence-electron chi connectivity index (χ3n) is 6.97. The third kappa shape index (κ3) is 4.83. The Hall–Kier alpha value is -2.01. The van der Waals surface area contributed by atoms with E-state index in [4.69, 9.17) is 4.74 Å². The Balaban J connectivity index is 1.53. The fourth-order valence-electron chi connectivity index (χ4n) is 4.96. The number of hydrogen-bond acceptors (Lipinski definition) is 4. The minimum absolute atomic E-state index is 0.00587. The largest absolute Gasteiger partial charge is 0.379 e. The van der Waals surface area contributed by atoms with Crippen molar-refractivity contribution in [2.45, 2.75) is 26.2 Å². The highest BCUT2D eigenvalue weighted by Crippen LogP contribution is 2.37. The van der Waals surface area contributed by atoms with E-state index in [1.54, 1.807) is 0 Å². The minimum atomic E-state index is 0.00587.